The molecule has 0 saturated carbocycles. The minimum Gasteiger partial charge on any atom is -0.488 e. The van der Waals surface area contributed by atoms with Crippen molar-refractivity contribution in [2.45, 2.75) is 142 Å². The van der Waals surface area contributed by atoms with Gasteiger partial charge in [0.1, 0.15) is 11.0 Å². The Morgan fingerprint density at radius 3 is 1.31 bits per heavy atom. The first-order valence-electron chi connectivity index (χ1n) is 19.9. The van der Waals surface area contributed by atoms with Gasteiger partial charge < -0.3 is 9.47 Å². The molecule has 0 bridgehead atoms. The molecule has 0 radical (unpaired) electrons. The zero-order valence-electron chi connectivity index (χ0n) is 31.4. The molecule has 0 N–H and O–H groups in total. The second kappa shape index (κ2) is 24.0. The lowest BCUT2D eigenvalue weighted by molar-refractivity contribution is 0.256. The first-order valence-corrected chi connectivity index (χ1v) is 21.5. The van der Waals surface area contributed by atoms with Crippen LogP contribution in [0.15, 0.2) is 57.5 Å². The third-order valence-electron chi connectivity index (χ3n) is 9.65. The Bertz CT molecular complexity index is 1640. The highest BCUT2D eigenvalue weighted by atomic mass is 79.9. The van der Waals surface area contributed by atoms with Gasteiger partial charge in [-0.1, -0.05) is 160 Å². The number of halogens is 4. The summed E-state index contributed by atoms with van der Waals surface area (Å²) in [6, 6.07) is 13.5. The van der Waals surface area contributed by atoms with Crippen LogP contribution < -0.4 is 9.47 Å². The maximum Gasteiger partial charge on any atom is 0.178 e. The maximum atomic E-state index is 14.5. The minimum absolute atomic E-state index is 0.435. The Kier molecular flexibility index (Phi) is 19.4. The van der Waals surface area contributed by atoms with Gasteiger partial charge in [0.25, 0.3) is 0 Å². The molecule has 4 rings (SSSR count). The number of hydrogen-bond acceptors (Lipinski definition) is 4. The highest BCUT2D eigenvalue weighted by molar-refractivity contribution is 9.11. The van der Waals surface area contributed by atoms with Gasteiger partial charge in [0.05, 0.1) is 33.5 Å². The molecule has 0 fully saturated rings. The molecule has 1 aromatic heterocycles. The van der Waals surface area contributed by atoms with E-state index >= 15 is 0 Å². The van der Waals surface area contributed by atoms with Gasteiger partial charge in [-0.25, -0.2) is 18.7 Å². The number of nitrogens with zero attached hydrogens (tertiary/aromatic N) is 2. The lowest BCUT2D eigenvalue weighted by Gasteiger charge is -2.19. The van der Waals surface area contributed by atoms with Gasteiger partial charge in [-0.05, 0) is 62.9 Å². The van der Waals surface area contributed by atoms with E-state index in [2.05, 4.69) is 45.7 Å². The first-order chi connectivity index (χ1) is 25.5. The molecule has 0 unspecified atom stereocenters. The summed E-state index contributed by atoms with van der Waals surface area (Å²) in [5.41, 5.74) is 3.41. The molecular weight excluding hydrogens is 786 g/mol. The van der Waals surface area contributed by atoms with Gasteiger partial charge in [0, 0.05) is 11.1 Å². The average molecular weight is 845 g/mol. The quantitative estimate of drug-likeness (QED) is 0.0591. The predicted octanol–water partition coefficient (Wildman–Crippen LogP) is 15.4. The van der Waals surface area contributed by atoms with Gasteiger partial charge in [-0.2, -0.15) is 0 Å². The molecule has 0 aliphatic carbocycles. The zero-order chi connectivity index (χ0) is 37.0. The summed E-state index contributed by atoms with van der Waals surface area (Å²) in [5.74, 6) is -0.652. The average Bonchev–Trinajstić information content (AvgIpc) is 3.16. The second-order valence-electron chi connectivity index (χ2n) is 14.0. The molecule has 52 heavy (non-hydrogen) atoms. The van der Waals surface area contributed by atoms with E-state index in [1.165, 1.54) is 115 Å². The zero-order valence-corrected chi connectivity index (χ0v) is 34.6. The number of fused-ring (bicyclic) bond motifs is 1. The molecular formula is C44H58Br2F2N2O2. The Morgan fingerprint density at radius 1 is 0.481 bits per heavy atom. The van der Waals surface area contributed by atoms with E-state index in [1.54, 1.807) is 0 Å². The van der Waals surface area contributed by atoms with E-state index < -0.39 is 11.6 Å². The van der Waals surface area contributed by atoms with Crippen LogP contribution in [0.4, 0.5) is 8.78 Å². The molecule has 0 aliphatic rings. The van der Waals surface area contributed by atoms with Gasteiger partial charge in [0.2, 0.25) is 0 Å². The van der Waals surface area contributed by atoms with Crippen LogP contribution in [0, 0.1) is 11.6 Å². The fraction of sp³-hybridized carbons (Fsp3) is 0.545. The Balaban J connectivity index is 1.54. The van der Waals surface area contributed by atoms with Crippen molar-refractivity contribution in [3.8, 4) is 34.0 Å². The number of hydrogen-bond donors (Lipinski definition) is 0. The van der Waals surface area contributed by atoms with Crippen LogP contribution in [0.2, 0.25) is 0 Å². The van der Waals surface area contributed by atoms with Gasteiger partial charge in [-0.3, -0.25) is 0 Å². The summed E-state index contributed by atoms with van der Waals surface area (Å²) < 4.78 is 42.8. The van der Waals surface area contributed by atoms with Crippen molar-refractivity contribution < 1.29 is 18.3 Å². The number of aromatic nitrogens is 2. The highest BCUT2D eigenvalue weighted by Crippen LogP contribution is 2.48. The molecule has 0 aliphatic heterocycles. The van der Waals surface area contributed by atoms with Crippen molar-refractivity contribution in [1.82, 2.24) is 9.97 Å². The van der Waals surface area contributed by atoms with E-state index in [-0.39, 0.29) is 0 Å². The monoisotopic (exact) mass is 842 g/mol. The molecule has 4 nitrogen and oxygen atoms in total. The number of ether oxygens (including phenoxy) is 2. The van der Waals surface area contributed by atoms with Crippen LogP contribution in [0.3, 0.4) is 0 Å². The predicted molar refractivity (Wildman–Crippen MR) is 220 cm³/mol. The van der Waals surface area contributed by atoms with Crippen molar-refractivity contribution in [1.29, 1.82) is 0 Å². The van der Waals surface area contributed by atoms with Crippen molar-refractivity contribution in [3.63, 3.8) is 0 Å². The summed E-state index contributed by atoms with van der Waals surface area (Å²) in [5, 5.41) is 0. The molecule has 3 aromatic carbocycles. The molecule has 0 amide bonds. The van der Waals surface area contributed by atoms with Gasteiger partial charge >= 0.3 is 0 Å². The Morgan fingerprint density at radius 2 is 0.885 bits per heavy atom. The molecule has 0 atom stereocenters. The van der Waals surface area contributed by atoms with E-state index in [0.717, 1.165) is 37.3 Å². The summed E-state index contributed by atoms with van der Waals surface area (Å²) in [4.78, 5) is 10.2. The number of benzene rings is 3. The maximum absolute atomic E-state index is 14.5. The molecule has 4 aromatic rings. The topological polar surface area (TPSA) is 44.2 Å². The van der Waals surface area contributed by atoms with E-state index in [1.807, 2.05) is 30.3 Å². The third-order valence-corrected chi connectivity index (χ3v) is 11.1. The van der Waals surface area contributed by atoms with Crippen LogP contribution in [-0.2, 0) is 0 Å². The summed E-state index contributed by atoms with van der Waals surface area (Å²) in [6.07, 6.45) is 25.0. The lowest BCUT2D eigenvalue weighted by atomic mass is 10.0. The fourth-order valence-corrected chi connectivity index (χ4v) is 7.73. The highest BCUT2D eigenvalue weighted by Gasteiger charge is 2.25. The van der Waals surface area contributed by atoms with Crippen LogP contribution in [0.5, 0.6) is 11.5 Å². The van der Waals surface area contributed by atoms with Crippen LogP contribution in [0.1, 0.15) is 142 Å². The van der Waals surface area contributed by atoms with Crippen molar-refractivity contribution in [2.75, 3.05) is 13.2 Å². The third kappa shape index (κ3) is 13.1. The fourth-order valence-electron chi connectivity index (χ4n) is 6.58. The van der Waals surface area contributed by atoms with E-state index in [4.69, 9.17) is 19.4 Å². The summed E-state index contributed by atoms with van der Waals surface area (Å²) >= 11 is 7.66. The van der Waals surface area contributed by atoms with E-state index in [9.17, 15) is 8.78 Å². The van der Waals surface area contributed by atoms with Crippen LogP contribution in [-0.4, -0.2) is 23.2 Å². The normalized spacial score (nSPS) is 11.4. The van der Waals surface area contributed by atoms with E-state index in [0.29, 0.717) is 61.6 Å². The molecule has 0 saturated heterocycles. The molecule has 8 heteroatoms. The Labute approximate surface area is 328 Å². The summed E-state index contributed by atoms with van der Waals surface area (Å²) in [6.45, 7) is 5.63. The molecule has 1 heterocycles. The van der Waals surface area contributed by atoms with Crippen molar-refractivity contribution >= 4 is 42.9 Å². The summed E-state index contributed by atoms with van der Waals surface area (Å²) in [7, 11) is 0. The smallest absolute Gasteiger partial charge is 0.178 e. The largest absolute Gasteiger partial charge is 0.488 e. The van der Waals surface area contributed by atoms with Gasteiger partial charge in [0.15, 0.2) is 23.1 Å². The Hall–Kier alpha value is -2.58. The first kappa shape index (κ1) is 42.2. The van der Waals surface area contributed by atoms with Crippen molar-refractivity contribution in [3.05, 3.63) is 69.1 Å². The van der Waals surface area contributed by atoms with Gasteiger partial charge in [-0.15, -0.1) is 0 Å². The number of rotatable bonds is 26. The van der Waals surface area contributed by atoms with Crippen LogP contribution in [0.25, 0.3) is 33.5 Å². The standard InChI is InChI=1S/C44H58Br2F2N2O2/c1-3-5-7-9-11-13-15-17-19-24-30-51-43-37(45)41-42(38(46)44(43)52-31-25-20-18-16-14-12-10-8-6-4-2)50-40(34-28-29-35(47)36(48)32-34)39(49-41)33-26-22-21-23-27-33/h21-23,26-29,32H,3-20,24-25,30-31H2,1-2H3. The lowest BCUT2D eigenvalue weighted by Crippen LogP contribution is -2.06. The minimum atomic E-state index is -0.935. The second-order valence-corrected chi connectivity index (χ2v) is 15.5. The number of unbranched alkanes of at least 4 members (excludes halogenated alkanes) is 18. The SMILES string of the molecule is CCCCCCCCCCCCOc1c(OCCCCCCCCCCCC)c(Br)c2nc(-c3ccc(F)c(F)c3)c(-c3ccccc3)nc2c1Br. The molecule has 0 spiro atoms. The van der Waals surface area contributed by atoms with Crippen LogP contribution >= 0.6 is 31.9 Å². The van der Waals surface area contributed by atoms with Crippen molar-refractivity contribution in [2.24, 2.45) is 0 Å². The molecule has 284 valence electrons.